The minimum atomic E-state index is -0.999. The van der Waals surface area contributed by atoms with Gasteiger partial charge in [0.1, 0.15) is 6.10 Å². The molecule has 1 aromatic carbocycles. The Morgan fingerprint density at radius 1 is 1.40 bits per heavy atom. The largest absolute Gasteiger partial charge is 0.478 e. The Labute approximate surface area is 86.3 Å². The Balaban J connectivity index is 2.72. The number of rotatable bonds is 4. The van der Waals surface area contributed by atoms with Gasteiger partial charge in [-0.2, -0.15) is 0 Å². The molecule has 5 nitrogen and oxygen atoms in total. The highest BCUT2D eigenvalue weighted by Gasteiger charge is 2.01. The second kappa shape index (κ2) is 5.23. The van der Waals surface area contributed by atoms with E-state index in [1.165, 1.54) is 30.5 Å². The van der Waals surface area contributed by atoms with Crippen LogP contribution >= 0.6 is 0 Å². The van der Waals surface area contributed by atoms with E-state index in [1.54, 1.807) is 0 Å². The molecule has 0 spiro atoms. The van der Waals surface area contributed by atoms with Gasteiger partial charge in [0, 0.05) is 6.21 Å². The Bertz CT molecular complexity index is 358. The summed E-state index contributed by atoms with van der Waals surface area (Å²) in [5.41, 5.74) is 0.698. The van der Waals surface area contributed by atoms with E-state index < -0.39 is 18.7 Å². The first-order valence-electron chi connectivity index (χ1n) is 4.30. The number of aliphatic imine (C=N–C) groups is 1. The summed E-state index contributed by atoms with van der Waals surface area (Å²) in [6.07, 6.45) is 0.194. The van der Waals surface area contributed by atoms with Crippen LogP contribution in [-0.4, -0.2) is 40.2 Å². The number of carbonyl (C=O) groups is 1. The van der Waals surface area contributed by atoms with Gasteiger partial charge in [-0.25, -0.2) is 4.79 Å². The maximum absolute atomic E-state index is 10.5. The molecule has 0 aromatic heterocycles. The molecular weight excluding hydrogens is 198 g/mol. The molecule has 3 N–H and O–H groups in total. The van der Waals surface area contributed by atoms with Crippen LogP contribution < -0.4 is 0 Å². The first-order valence-corrected chi connectivity index (χ1v) is 4.30. The van der Waals surface area contributed by atoms with Crippen molar-refractivity contribution in [2.75, 3.05) is 6.61 Å². The van der Waals surface area contributed by atoms with Crippen molar-refractivity contribution in [3.8, 4) is 0 Å². The Kier molecular flexibility index (Phi) is 3.96. The van der Waals surface area contributed by atoms with E-state index in [1.807, 2.05) is 0 Å². The molecule has 0 aliphatic heterocycles. The summed E-state index contributed by atoms with van der Waals surface area (Å²) in [6, 6.07) is 5.87. The third-order valence-electron chi connectivity index (χ3n) is 1.70. The summed E-state index contributed by atoms with van der Waals surface area (Å²) in [4.78, 5) is 14.4. The zero-order valence-corrected chi connectivity index (χ0v) is 7.87. The number of aliphatic hydroxyl groups excluding tert-OH is 2. The molecule has 0 aliphatic rings. The number of aliphatic hydroxyl groups is 2. The van der Waals surface area contributed by atoms with Crippen LogP contribution in [0.5, 0.6) is 0 Å². The Morgan fingerprint density at radius 2 is 2.00 bits per heavy atom. The lowest BCUT2D eigenvalue weighted by atomic mass is 10.2. The SMILES string of the molecule is O=C(O)c1ccc(N=C[C@H](O)CO)cc1. The molecule has 1 rings (SSSR count). The number of nitrogens with zero attached hydrogens (tertiary/aromatic N) is 1. The first-order chi connectivity index (χ1) is 7.13. The lowest BCUT2D eigenvalue weighted by molar-refractivity contribution is 0.0697. The molecular formula is C10H11NO4. The van der Waals surface area contributed by atoms with Crippen LogP contribution in [-0.2, 0) is 0 Å². The van der Waals surface area contributed by atoms with Crippen molar-refractivity contribution in [3.63, 3.8) is 0 Å². The lowest BCUT2D eigenvalue weighted by Gasteiger charge is -1.98. The van der Waals surface area contributed by atoms with Gasteiger partial charge in [-0.1, -0.05) is 0 Å². The van der Waals surface area contributed by atoms with E-state index in [9.17, 15) is 4.79 Å². The quantitative estimate of drug-likeness (QED) is 0.627. The molecule has 0 saturated carbocycles. The molecule has 0 bridgehead atoms. The molecule has 0 radical (unpaired) electrons. The van der Waals surface area contributed by atoms with Crippen LogP contribution in [0.1, 0.15) is 10.4 Å². The molecule has 0 saturated heterocycles. The van der Waals surface area contributed by atoms with Gasteiger partial charge in [0.25, 0.3) is 0 Å². The fraction of sp³-hybridized carbons (Fsp3) is 0.200. The van der Waals surface area contributed by atoms with E-state index in [0.717, 1.165) is 0 Å². The summed E-state index contributed by atoms with van der Waals surface area (Å²) >= 11 is 0. The van der Waals surface area contributed by atoms with Gasteiger partial charge in [-0.3, -0.25) is 4.99 Å². The zero-order chi connectivity index (χ0) is 11.3. The fourth-order valence-electron chi connectivity index (χ4n) is 0.909. The van der Waals surface area contributed by atoms with Crippen molar-refractivity contribution in [1.82, 2.24) is 0 Å². The van der Waals surface area contributed by atoms with Crippen molar-refractivity contribution < 1.29 is 20.1 Å². The second-order valence-corrected chi connectivity index (χ2v) is 2.88. The number of hydrogen-bond donors (Lipinski definition) is 3. The third kappa shape index (κ3) is 3.49. The number of hydrogen-bond acceptors (Lipinski definition) is 4. The van der Waals surface area contributed by atoms with Gasteiger partial charge < -0.3 is 15.3 Å². The van der Waals surface area contributed by atoms with Crippen molar-refractivity contribution in [3.05, 3.63) is 29.8 Å². The maximum atomic E-state index is 10.5. The molecule has 0 fully saturated rings. The molecule has 1 aromatic rings. The normalized spacial score (nSPS) is 12.9. The molecule has 0 unspecified atom stereocenters. The summed E-state index contributed by atoms with van der Waals surface area (Å²) in [5.74, 6) is -0.999. The van der Waals surface area contributed by atoms with E-state index >= 15 is 0 Å². The third-order valence-corrected chi connectivity index (χ3v) is 1.70. The molecule has 80 valence electrons. The summed E-state index contributed by atoms with van der Waals surface area (Å²) in [5, 5.41) is 26.1. The second-order valence-electron chi connectivity index (χ2n) is 2.88. The topological polar surface area (TPSA) is 90.1 Å². The van der Waals surface area contributed by atoms with Crippen molar-refractivity contribution in [1.29, 1.82) is 0 Å². The van der Waals surface area contributed by atoms with Crippen LogP contribution in [0.4, 0.5) is 5.69 Å². The molecule has 0 heterocycles. The summed E-state index contributed by atoms with van der Waals surface area (Å²) < 4.78 is 0. The highest BCUT2D eigenvalue weighted by molar-refractivity contribution is 5.88. The van der Waals surface area contributed by atoms with Crippen LogP contribution in [0, 0.1) is 0 Å². The Hall–Kier alpha value is -1.72. The van der Waals surface area contributed by atoms with Gasteiger partial charge in [-0.05, 0) is 24.3 Å². The summed E-state index contributed by atoms with van der Waals surface area (Å²) in [6.45, 7) is -0.392. The standard InChI is InChI=1S/C10H11NO4/c12-6-9(13)5-11-8-3-1-7(2-4-8)10(14)15/h1-5,9,12-13H,6H2,(H,14,15)/t9-/m0/s1. The number of carboxylic acids is 1. The smallest absolute Gasteiger partial charge is 0.335 e. The Morgan fingerprint density at radius 3 is 2.47 bits per heavy atom. The zero-order valence-electron chi connectivity index (χ0n) is 7.87. The van der Waals surface area contributed by atoms with E-state index in [-0.39, 0.29) is 5.56 Å². The minimum Gasteiger partial charge on any atom is -0.478 e. The van der Waals surface area contributed by atoms with Gasteiger partial charge in [0.05, 0.1) is 17.9 Å². The van der Waals surface area contributed by atoms with Crippen molar-refractivity contribution in [2.45, 2.75) is 6.10 Å². The monoisotopic (exact) mass is 209 g/mol. The van der Waals surface area contributed by atoms with Crippen LogP contribution in [0.25, 0.3) is 0 Å². The average Bonchev–Trinajstić information content (AvgIpc) is 2.26. The summed E-state index contributed by atoms with van der Waals surface area (Å²) in [7, 11) is 0. The molecule has 15 heavy (non-hydrogen) atoms. The highest BCUT2D eigenvalue weighted by atomic mass is 16.4. The predicted octanol–water partition coefficient (Wildman–Crippen LogP) is 0.440. The number of carboxylic acid groups (broad SMARTS) is 1. The van der Waals surface area contributed by atoms with Crippen molar-refractivity contribution >= 4 is 17.9 Å². The fourth-order valence-corrected chi connectivity index (χ4v) is 0.909. The van der Waals surface area contributed by atoms with Gasteiger partial charge in [0.15, 0.2) is 0 Å². The average molecular weight is 209 g/mol. The molecule has 0 aliphatic carbocycles. The van der Waals surface area contributed by atoms with Gasteiger partial charge in [0.2, 0.25) is 0 Å². The van der Waals surface area contributed by atoms with E-state index in [0.29, 0.717) is 5.69 Å². The number of aromatic carboxylic acids is 1. The van der Waals surface area contributed by atoms with Gasteiger partial charge in [-0.15, -0.1) is 0 Å². The molecule has 5 heteroatoms. The van der Waals surface area contributed by atoms with Crippen LogP contribution in [0.2, 0.25) is 0 Å². The lowest BCUT2D eigenvalue weighted by Crippen LogP contribution is -2.12. The highest BCUT2D eigenvalue weighted by Crippen LogP contribution is 2.12. The predicted molar refractivity (Wildman–Crippen MR) is 54.6 cm³/mol. The molecule has 0 amide bonds. The number of benzene rings is 1. The van der Waals surface area contributed by atoms with Crippen molar-refractivity contribution in [2.24, 2.45) is 4.99 Å². The van der Waals surface area contributed by atoms with E-state index in [2.05, 4.69) is 4.99 Å². The van der Waals surface area contributed by atoms with Crippen LogP contribution in [0.3, 0.4) is 0 Å². The maximum Gasteiger partial charge on any atom is 0.335 e. The van der Waals surface area contributed by atoms with Gasteiger partial charge >= 0.3 is 5.97 Å². The molecule has 1 atom stereocenters. The van der Waals surface area contributed by atoms with E-state index in [4.69, 9.17) is 15.3 Å². The van der Waals surface area contributed by atoms with Crippen LogP contribution in [0.15, 0.2) is 29.3 Å². The minimum absolute atomic E-state index is 0.177. The first kappa shape index (κ1) is 11.4.